The van der Waals surface area contributed by atoms with Crippen LogP contribution in [0.1, 0.15) is 26.7 Å². The summed E-state index contributed by atoms with van der Waals surface area (Å²) in [5, 5.41) is 0. The van der Waals surface area contributed by atoms with E-state index in [4.69, 9.17) is 0 Å². The van der Waals surface area contributed by atoms with Crippen LogP contribution in [-0.2, 0) is 0 Å². The molecule has 0 bridgehead atoms. The fraction of sp³-hybridized carbons (Fsp3) is 0.700. The summed E-state index contributed by atoms with van der Waals surface area (Å²) in [6.07, 6.45) is 2.51. The first-order valence-corrected chi connectivity index (χ1v) is 4.71. The van der Waals surface area contributed by atoms with Gasteiger partial charge < -0.3 is 4.90 Å². The van der Waals surface area contributed by atoms with E-state index in [1.165, 1.54) is 12.8 Å². The summed E-state index contributed by atoms with van der Waals surface area (Å²) < 4.78 is 0. The molecule has 0 saturated heterocycles. The predicted molar refractivity (Wildman–Crippen MR) is 53.6 cm³/mol. The molecule has 2 heteroatoms. The Labute approximate surface area is 75.0 Å². The van der Waals surface area contributed by atoms with Gasteiger partial charge in [0.1, 0.15) is 5.84 Å². The molecule has 0 aromatic heterocycles. The first-order valence-electron chi connectivity index (χ1n) is 4.71. The maximum Gasteiger partial charge on any atom is 0.125 e. The highest BCUT2D eigenvalue weighted by atomic mass is 15.2. The number of amidine groups is 1. The summed E-state index contributed by atoms with van der Waals surface area (Å²) in [6, 6.07) is 0. The van der Waals surface area contributed by atoms with Gasteiger partial charge in [-0.3, -0.25) is 4.99 Å². The van der Waals surface area contributed by atoms with E-state index in [2.05, 4.69) is 23.4 Å². The van der Waals surface area contributed by atoms with Crippen molar-refractivity contribution >= 4 is 5.84 Å². The van der Waals surface area contributed by atoms with Gasteiger partial charge in [0.05, 0.1) is 6.54 Å². The van der Waals surface area contributed by atoms with Crippen LogP contribution in [0.25, 0.3) is 0 Å². The smallest absolute Gasteiger partial charge is 0.125 e. The Morgan fingerprint density at radius 1 is 1.67 bits per heavy atom. The number of hydrogen-bond donors (Lipinski definition) is 0. The number of nitrogens with zero attached hydrogens (tertiary/aromatic N) is 2. The summed E-state index contributed by atoms with van der Waals surface area (Å²) in [6.45, 7) is 11.3. The summed E-state index contributed by atoms with van der Waals surface area (Å²) in [5.41, 5.74) is 1.10. The molecule has 0 saturated carbocycles. The Balaban J connectivity index is 2.44. The van der Waals surface area contributed by atoms with Crippen molar-refractivity contribution in [3.8, 4) is 0 Å². The van der Waals surface area contributed by atoms with Crippen molar-refractivity contribution in [2.75, 3.05) is 19.6 Å². The lowest BCUT2D eigenvalue weighted by Crippen LogP contribution is -2.29. The summed E-state index contributed by atoms with van der Waals surface area (Å²) in [7, 11) is 0. The standard InChI is InChI=1S/C10H18N2/c1-4-5-7-12-8-6-11-10(12)9(2)3/h2,4-8H2,1,3H3. The van der Waals surface area contributed by atoms with E-state index < -0.39 is 0 Å². The van der Waals surface area contributed by atoms with Crippen LogP contribution >= 0.6 is 0 Å². The van der Waals surface area contributed by atoms with Crippen LogP contribution in [0.3, 0.4) is 0 Å². The average Bonchev–Trinajstić information content (AvgIpc) is 2.48. The molecule has 0 aromatic carbocycles. The summed E-state index contributed by atoms with van der Waals surface area (Å²) in [5.74, 6) is 1.13. The van der Waals surface area contributed by atoms with E-state index in [0.717, 1.165) is 31.0 Å². The zero-order valence-corrected chi connectivity index (χ0v) is 8.14. The summed E-state index contributed by atoms with van der Waals surface area (Å²) >= 11 is 0. The molecule has 0 fully saturated rings. The van der Waals surface area contributed by atoms with Crippen molar-refractivity contribution in [3.05, 3.63) is 12.2 Å². The topological polar surface area (TPSA) is 15.6 Å². The Bertz CT molecular complexity index is 194. The van der Waals surface area contributed by atoms with Crippen molar-refractivity contribution in [2.24, 2.45) is 4.99 Å². The maximum absolute atomic E-state index is 4.41. The van der Waals surface area contributed by atoms with Gasteiger partial charge in [-0.2, -0.15) is 0 Å². The monoisotopic (exact) mass is 166 g/mol. The largest absolute Gasteiger partial charge is 0.355 e. The van der Waals surface area contributed by atoms with Gasteiger partial charge in [0.25, 0.3) is 0 Å². The second kappa shape index (κ2) is 4.29. The molecule has 0 radical (unpaired) electrons. The van der Waals surface area contributed by atoms with Crippen molar-refractivity contribution < 1.29 is 0 Å². The Morgan fingerprint density at radius 2 is 2.42 bits per heavy atom. The van der Waals surface area contributed by atoms with Gasteiger partial charge >= 0.3 is 0 Å². The predicted octanol–water partition coefficient (Wildman–Crippen LogP) is 2.08. The van der Waals surface area contributed by atoms with Gasteiger partial charge in [-0.15, -0.1) is 0 Å². The lowest BCUT2D eigenvalue weighted by molar-refractivity contribution is 0.443. The van der Waals surface area contributed by atoms with Gasteiger partial charge in [0.15, 0.2) is 0 Å². The number of rotatable bonds is 4. The van der Waals surface area contributed by atoms with E-state index in [0.29, 0.717) is 0 Å². The van der Waals surface area contributed by atoms with Crippen LogP contribution in [-0.4, -0.2) is 30.4 Å². The molecule has 0 unspecified atom stereocenters. The van der Waals surface area contributed by atoms with Crippen LogP contribution in [0.2, 0.25) is 0 Å². The fourth-order valence-corrected chi connectivity index (χ4v) is 1.45. The van der Waals surface area contributed by atoms with Crippen LogP contribution in [0, 0.1) is 0 Å². The highest BCUT2D eigenvalue weighted by Gasteiger charge is 2.15. The van der Waals surface area contributed by atoms with Crippen molar-refractivity contribution in [1.29, 1.82) is 0 Å². The van der Waals surface area contributed by atoms with E-state index in [1.807, 2.05) is 6.92 Å². The molecule has 1 heterocycles. The first-order chi connectivity index (χ1) is 5.75. The van der Waals surface area contributed by atoms with Crippen molar-refractivity contribution in [2.45, 2.75) is 26.7 Å². The van der Waals surface area contributed by atoms with E-state index in [-0.39, 0.29) is 0 Å². The second-order valence-electron chi connectivity index (χ2n) is 3.33. The first kappa shape index (κ1) is 9.30. The molecule has 0 aromatic rings. The average molecular weight is 166 g/mol. The normalized spacial score (nSPS) is 16.5. The third-order valence-electron chi connectivity index (χ3n) is 2.09. The molecule has 0 aliphatic carbocycles. The van der Waals surface area contributed by atoms with Gasteiger partial charge in [0.2, 0.25) is 0 Å². The number of hydrogen-bond acceptors (Lipinski definition) is 2. The molecule has 0 spiro atoms. The van der Waals surface area contributed by atoms with Gasteiger partial charge in [-0.05, 0) is 18.9 Å². The van der Waals surface area contributed by atoms with Gasteiger partial charge in [-0.25, -0.2) is 0 Å². The van der Waals surface area contributed by atoms with Gasteiger partial charge in [-0.1, -0.05) is 19.9 Å². The zero-order valence-electron chi connectivity index (χ0n) is 8.14. The SMILES string of the molecule is C=C(C)C1=NCCN1CCCC. The fourth-order valence-electron chi connectivity index (χ4n) is 1.45. The van der Waals surface area contributed by atoms with Crippen LogP contribution < -0.4 is 0 Å². The molecule has 1 aliphatic rings. The van der Waals surface area contributed by atoms with Crippen LogP contribution in [0.4, 0.5) is 0 Å². The molecule has 68 valence electrons. The minimum atomic E-state index is 0.950. The summed E-state index contributed by atoms with van der Waals surface area (Å²) in [4.78, 5) is 6.75. The Kier molecular flexibility index (Phi) is 3.32. The second-order valence-corrected chi connectivity index (χ2v) is 3.33. The van der Waals surface area contributed by atoms with Crippen LogP contribution in [0.15, 0.2) is 17.1 Å². The molecular weight excluding hydrogens is 148 g/mol. The van der Waals surface area contributed by atoms with E-state index >= 15 is 0 Å². The third kappa shape index (κ3) is 2.10. The highest BCUT2D eigenvalue weighted by molar-refractivity contribution is 5.98. The molecule has 0 amide bonds. The molecule has 0 N–H and O–H groups in total. The molecule has 1 aliphatic heterocycles. The van der Waals surface area contributed by atoms with Crippen molar-refractivity contribution in [3.63, 3.8) is 0 Å². The number of unbranched alkanes of at least 4 members (excludes halogenated alkanes) is 1. The van der Waals surface area contributed by atoms with Crippen LogP contribution in [0.5, 0.6) is 0 Å². The Morgan fingerprint density at radius 3 is 3.00 bits per heavy atom. The van der Waals surface area contributed by atoms with Gasteiger partial charge in [0, 0.05) is 13.1 Å². The molecule has 1 rings (SSSR count). The minimum absolute atomic E-state index is 0.950. The molecule has 0 atom stereocenters. The Hall–Kier alpha value is -0.790. The van der Waals surface area contributed by atoms with E-state index in [9.17, 15) is 0 Å². The maximum atomic E-state index is 4.41. The molecule has 12 heavy (non-hydrogen) atoms. The quantitative estimate of drug-likeness (QED) is 0.624. The molecular formula is C10H18N2. The number of aliphatic imine (C=N–C) groups is 1. The lowest BCUT2D eigenvalue weighted by atomic mass is 10.2. The lowest BCUT2D eigenvalue weighted by Gasteiger charge is -2.19. The van der Waals surface area contributed by atoms with E-state index in [1.54, 1.807) is 0 Å². The minimum Gasteiger partial charge on any atom is -0.355 e. The zero-order chi connectivity index (χ0) is 8.97. The highest BCUT2D eigenvalue weighted by Crippen LogP contribution is 2.09. The molecule has 2 nitrogen and oxygen atoms in total. The third-order valence-corrected chi connectivity index (χ3v) is 2.09. The van der Waals surface area contributed by atoms with Crippen molar-refractivity contribution in [1.82, 2.24) is 4.90 Å².